The molecule has 0 aliphatic rings. The van der Waals surface area contributed by atoms with Crippen molar-refractivity contribution in [3.63, 3.8) is 0 Å². The maximum absolute atomic E-state index is 5.97. The van der Waals surface area contributed by atoms with Gasteiger partial charge in [0.1, 0.15) is 0 Å². The third-order valence-corrected chi connectivity index (χ3v) is 4.88. The standard InChI is InChI=1S/C23H47O2/c1-4-7-9-11-13-14-16-20-24-21-18-19-23(6-3)25-22-17-15-12-10-8-5-2/h23H,3-22H2,1-2H3. The summed E-state index contributed by atoms with van der Waals surface area (Å²) in [5.74, 6) is 0. The van der Waals surface area contributed by atoms with Gasteiger partial charge < -0.3 is 9.47 Å². The lowest BCUT2D eigenvalue weighted by molar-refractivity contribution is 0.0364. The van der Waals surface area contributed by atoms with Crippen molar-refractivity contribution in [2.75, 3.05) is 19.8 Å². The molecule has 0 N–H and O–H groups in total. The van der Waals surface area contributed by atoms with Gasteiger partial charge in [-0.15, -0.1) is 0 Å². The van der Waals surface area contributed by atoms with Gasteiger partial charge in [-0.05, 0) is 32.1 Å². The lowest BCUT2D eigenvalue weighted by Gasteiger charge is -2.16. The molecule has 0 bridgehead atoms. The van der Waals surface area contributed by atoms with E-state index in [4.69, 9.17) is 9.47 Å². The summed E-state index contributed by atoms with van der Waals surface area (Å²) in [6.45, 7) is 11.3. The second-order valence-corrected chi connectivity index (χ2v) is 7.43. The van der Waals surface area contributed by atoms with Gasteiger partial charge in [0.2, 0.25) is 0 Å². The minimum atomic E-state index is 0.331. The van der Waals surface area contributed by atoms with Crippen molar-refractivity contribution in [1.82, 2.24) is 0 Å². The molecule has 0 saturated heterocycles. The van der Waals surface area contributed by atoms with Gasteiger partial charge in [0, 0.05) is 19.8 Å². The second-order valence-electron chi connectivity index (χ2n) is 7.43. The lowest BCUT2D eigenvalue weighted by atomic mass is 10.1. The van der Waals surface area contributed by atoms with E-state index in [0.717, 1.165) is 39.1 Å². The van der Waals surface area contributed by atoms with Gasteiger partial charge in [-0.25, -0.2) is 0 Å². The first-order valence-electron chi connectivity index (χ1n) is 11.3. The van der Waals surface area contributed by atoms with Crippen LogP contribution in [0.15, 0.2) is 0 Å². The minimum Gasteiger partial charge on any atom is -0.381 e. The molecular formula is C23H47O2. The van der Waals surface area contributed by atoms with E-state index in [0.29, 0.717) is 6.10 Å². The number of unbranched alkanes of at least 4 members (excludes halogenated alkanes) is 11. The van der Waals surface area contributed by atoms with Crippen LogP contribution >= 0.6 is 0 Å². The predicted octanol–water partition coefficient (Wildman–Crippen LogP) is 7.50. The van der Waals surface area contributed by atoms with Crippen LogP contribution in [0.2, 0.25) is 0 Å². The molecular weight excluding hydrogens is 308 g/mol. The zero-order valence-electron chi connectivity index (χ0n) is 17.5. The quantitative estimate of drug-likeness (QED) is 0.198. The highest BCUT2D eigenvalue weighted by Crippen LogP contribution is 2.11. The smallest absolute Gasteiger partial charge is 0.0576 e. The Bertz CT molecular complexity index is 230. The molecule has 0 saturated carbocycles. The van der Waals surface area contributed by atoms with Gasteiger partial charge in [0.15, 0.2) is 0 Å². The van der Waals surface area contributed by atoms with E-state index >= 15 is 0 Å². The monoisotopic (exact) mass is 355 g/mol. The molecule has 0 aromatic heterocycles. The predicted molar refractivity (Wildman–Crippen MR) is 111 cm³/mol. The Hall–Kier alpha value is -0.0800. The molecule has 1 unspecified atom stereocenters. The largest absolute Gasteiger partial charge is 0.381 e. The van der Waals surface area contributed by atoms with Gasteiger partial charge in [-0.1, -0.05) is 91.4 Å². The van der Waals surface area contributed by atoms with Crippen molar-refractivity contribution >= 4 is 0 Å². The van der Waals surface area contributed by atoms with E-state index in [2.05, 4.69) is 20.8 Å². The fourth-order valence-electron chi connectivity index (χ4n) is 3.12. The molecule has 151 valence electrons. The summed E-state index contributed by atoms with van der Waals surface area (Å²) in [6, 6.07) is 0. The van der Waals surface area contributed by atoms with Crippen molar-refractivity contribution in [3.8, 4) is 0 Å². The first-order valence-corrected chi connectivity index (χ1v) is 11.3. The van der Waals surface area contributed by atoms with E-state index in [-0.39, 0.29) is 0 Å². The van der Waals surface area contributed by atoms with Gasteiger partial charge in [-0.3, -0.25) is 0 Å². The van der Waals surface area contributed by atoms with Crippen LogP contribution in [0.1, 0.15) is 117 Å². The molecule has 1 atom stereocenters. The topological polar surface area (TPSA) is 18.5 Å². The molecule has 0 aliphatic heterocycles. The average Bonchev–Trinajstić information content (AvgIpc) is 2.63. The fraction of sp³-hybridized carbons (Fsp3) is 0.957. The molecule has 25 heavy (non-hydrogen) atoms. The second kappa shape index (κ2) is 22.0. The summed E-state index contributed by atoms with van der Waals surface area (Å²) < 4.78 is 11.7. The van der Waals surface area contributed by atoms with Crippen LogP contribution in [0.5, 0.6) is 0 Å². The molecule has 0 fully saturated rings. The molecule has 0 amide bonds. The van der Waals surface area contributed by atoms with E-state index < -0.39 is 0 Å². The molecule has 0 spiro atoms. The summed E-state index contributed by atoms with van der Waals surface area (Å²) in [4.78, 5) is 0. The van der Waals surface area contributed by atoms with Crippen LogP contribution < -0.4 is 0 Å². The molecule has 0 aromatic rings. The molecule has 0 aliphatic carbocycles. The number of ether oxygens (including phenoxy) is 2. The SMILES string of the molecule is [CH2]CC(CCCOCCCCCCCCC)OCCCCCCCC. The van der Waals surface area contributed by atoms with Crippen molar-refractivity contribution < 1.29 is 9.47 Å². The van der Waals surface area contributed by atoms with Crippen LogP contribution in [0.25, 0.3) is 0 Å². The first-order chi connectivity index (χ1) is 12.3. The number of rotatable bonds is 21. The number of hydrogen-bond acceptors (Lipinski definition) is 2. The fourth-order valence-corrected chi connectivity index (χ4v) is 3.12. The molecule has 2 nitrogen and oxygen atoms in total. The van der Waals surface area contributed by atoms with Crippen LogP contribution in [-0.2, 0) is 9.47 Å². The highest BCUT2D eigenvalue weighted by Gasteiger charge is 2.06. The van der Waals surface area contributed by atoms with E-state index in [9.17, 15) is 0 Å². The molecule has 0 rings (SSSR count). The normalized spacial score (nSPS) is 12.6. The summed E-state index contributed by atoms with van der Waals surface area (Å²) in [5, 5.41) is 0. The Balaban J connectivity index is 3.26. The Morgan fingerprint density at radius 3 is 1.64 bits per heavy atom. The van der Waals surface area contributed by atoms with Crippen LogP contribution in [0.3, 0.4) is 0 Å². The molecule has 1 radical (unpaired) electrons. The highest BCUT2D eigenvalue weighted by molar-refractivity contribution is 4.60. The zero-order valence-corrected chi connectivity index (χ0v) is 17.5. The van der Waals surface area contributed by atoms with Crippen molar-refractivity contribution in [1.29, 1.82) is 0 Å². The summed E-state index contributed by atoms with van der Waals surface area (Å²) >= 11 is 0. The lowest BCUT2D eigenvalue weighted by Crippen LogP contribution is -2.14. The van der Waals surface area contributed by atoms with Gasteiger partial charge in [-0.2, -0.15) is 0 Å². The van der Waals surface area contributed by atoms with Gasteiger partial charge in [0.25, 0.3) is 0 Å². The van der Waals surface area contributed by atoms with Crippen molar-refractivity contribution in [2.24, 2.45) is 0 Å². The molecule has 2 heteroatoms. The minimum absolute atomic E-state index is 0.331. The van der Waals surface area contributed by atoms with Crippen molar-refractivity contribution in [3.05, 3.63) is 6.92 Å². The third-order valence-electron chi connectivity index (χ3n) is 4.88. The Morgan fingerprint density at radius 2 is 1.08 bits per heavy atom. The first kappa shape index (κ1) is 24.9. The number of hydrogen-bond donors (Lipinski definition) is 0. The summed E-state index contributed by atoms with van der Waals surface area (Å²) in [7, 11) is 0. The van der Waals surface area contributed by atoms with Gasteiger partial charge in [0.05, 0.1) is 6.10 Å². The third kappa shape index (κ3) is 20.1. The van der Waals surface area contributed by atoms with Crippen molar-refractivity contribution in [2.45, 2.75) is 123 Å². The van der Waals surface area contributed by atoms with E-state index in [1.165, 1.54) is 83.5 Å². The highest BCUT2D eigenvalue weighted by atomic mass is 16.5. The Kier molecular flexibility index (Phi) is 21.9. The Morgan fingerprint density at radius 1 is 0.600 bits per heavy atom. The van der Waals surface area contributed by atoms with Gasteiger partial charge >= 0.3 is 0 Å². The zero-order chi connectivity index (χ0) is 18.4. The molecule has 0 aromatic carbocycles. The molecule has 0 heterocycles. The maximum Gasteiger partial charge on any atom is 0.0576 e. The summed E-state index contributed by atoms with van der Waals surface area (Å²) in [5.41, 5.74) is 0. The average molecular weight is 356 g/mol. The maximum atomic E-state index is 5.97. The van der Waals surface area contributed by atoms with Crippen LogP contribution in [-0.4, -0.2) is 25.9 Å². The Labute approximate surface area is 159 Å². The van der Waals surface area contributed by atoms with E-state index in [1.807, 2.05) is 0 Å². The summed E-state index contributed by atoms with van der Waals surface area (Å²) in [6.07, 6.45) is 20.8. The van der Waals surface area contributed by atoms with E-state index in [1.54, 1.807) is 0 Å². The van der Waals surface area contributed by atoms with Crippen LogP contribution in [0.4, 0.5) is 0 Å². The van der Waals surface area contributed by atoms with Crippen LogP contribution in [0, 0.1) is 6.92 Å².